The molecule has 1 atom stereocenters. The number of pyridine rings is 1. The fourth-order valence-corrected chi connectivity index (χ4v) is 3.84. The summed E-state index contributed by atoms with van der Waals surface area (Å²) >= 11 is 3.53. The number of hydrogen-bond donors (Lipinski definition) is 1. The van der Waals surface area contributed by atoms with Crippen molar-refractivity contribution in [3.05, 3.63) is 71.1 Å². The maximum atomic E-state index is 9.09. The van der Waals surface area contributed by atoms with Crippen molar-refractivity contribution in [1.82, 2.24) is 33.8 Å². The minimum Gasteiger partial charge on any atom is -0.394 e. The molecule has 0 aliphatic heterocycles. The van der Waals surface area contributed by atoms with E-state index in [4.69, 9.17) is 10.2 Å². The molecule has 29 heavy (non-hydrogen) atoms. The van der Waals surface area contributed by atoms with Crippen molar-refractivity contribution in [2.24, 2.45) is 0 Å². The van der Waals surface area contributed by atoms with Crippen LogP contribution in [0, 0.1) is 0 Å². The predicted molar refractivity (Wildman–Crippen MR) is 112 cm³/mol. The molecular weight excluding hydrogens is 434 g/mol. The van der Waals surface area contributed by atoms with Crippen LogP contribution in [0.2, 0.25) is 0 Å². The van der Waals surface area contributed by atoms with Crippen LogP contribution in [0.15, 0.2) is 59.9 Å². The van der Waals surface area contributed by atoms with Crippen LogP contribution in [0.1, 0.15) is 24.1 Å². The molecule has 1 N–H and O–H groups in total. The molecule has 146 valence electrons. The monoisotopic (exact) mass is 451 g/mol. The van der Waals surface area contributed by atoms with Crippen LogP contribution in [-0.2, 0) is 6.54 Å². The Kier molecular flexibility index (Phi) is 4.40. The molecule has 0 spiro atoms. The SMILES string of the molecule is C[C@@H](c1ccc2ncc(Br)n2c1)c1cnc2ccc(-c3cnn(CCO)c3)nn12. The van der Waals surface area contributed by atoms with Gasteiger partial charge in [-0.25, -0.2) is 14.5 Å². The number of aromatic nitrogens is 7. The third-order valence-corrected chi connectivity index (χ3v) is 5.66. The first kappa shape index (κ1) is 18.0. The Bertz CT molecular complexity index is 1320. The Balaban J connectivity index is 1.55. The van der Waals surface area contributed by atoms with Crippen LogP contribution in [0.5, 0.6) is 0 Å². The molecule has 0 saturated carbocycles. The van der Waals surface area contributed by atoms with E-state index < -0.39 is 0 Å². The molecule has 5 rings (SSSR count). The Labute approximate surface area is 174 Å². The van der Waals surface area contributed by atoms with Gasteiger partial charge < -0.3 is 5.11 Å². The molecule has 0 amide bonds. The Hall–Kier alpha value is -3.04. The van der Waals surface area contributed by atoms with E-state index in [1.807, 2.05) is 39.5 Å². The summed E-state index contributed by atoms with van der Waals surface area (Å²) in [5.74, 6) is 0.0866. The second kappa shape index (κ2) is 7.09. The highest BCUT2D eigenvalue weighted by Crippen LogP contribution is 2.27. The molecule has 8 nitrogen and oxygen atoms in total. The lowest BCUT2D eigenvalue weighted by atomic mass is 10.0. The van der Waals surface area contributed by atoms with E-state index in [1.165, 1.54) is 0 Å². The molecule has 0 fully saturated rings. The molecule has 5 aromatic heterocycles. The Morgan fingerprint density at radius 2 is 1.86 bits per heavy atom. The number of hydrogen-bond acceptors (Lipinski definition) is 5. The zero-order chi connectivity index (χ0) is 20.0. The van der Waals surface area contributed by atoms with Gasteiger partial charge in [0, 0.05) is 23.9 Å². The van der Waals surface area contributed by atoms with Crippen LogP contribution < -0.4 is 0 Å². The van der Waals surface area contributed by atoms with Crippen molar-refractivity contribution >= 4 is 27.2 Å². The van der Waals surface area contributed by atoms with Gasteiger partial charge in [0.1, 0.15) is 10.3 Å². The molecule has 0 radical (unpaired) electrons. The van der Waals surface area contributed by atoms with Gasteiger partial charge in [-0.3, -0.25) is 9.08 Å². The number of nitrogens with zero attached hydrogens (tertiary/aromatic N) is 7. The predicted octanol–water partition coefficient (Wildman–Crippen LogP) is 3.15. The van der Waals surface area contributed by atoms with Gasteiger partial charge in [0.2, 0.25) is 0 Å². The Morgan fingerprint density at radius 3 is 2.72 bits per heavy atom. The minimum atomic E-state index is 0.0497. The van der Waals surface area contributed by atoms with E-state index in [0.717, 1.165) is 38.4 Å². The Morgan fingerprint density at radius 1 is 1.03 bits per heavy atom. The molecule has 0 saturated heterocycles. The lowest BCUT2D eigenvalue weighted by Crippen LogP contribution is -2.05. The van der Waals surface area contributed by atoms with E-state index in [2.05, 4.69) is 50.2 Å². The van der Waals surface area contributed by atoms with E-state index in [0.29, 0.717) is 6.54 Å². The van der Waals surface area contributed by atoms with E-state index >= 15 is 0 Å². The highest BCUT2D eigenvalue weighted by Gasteiger charge is 2.17. The summed E-state index contributed by atoms with van der Waals surface area (Å²) in [4.78, 5) is 8.88. The van der Waals surface area contributed by atoms with Crippen LogP contribution in [-0.4, -0.2) is 45.5 Å². The molecule has 0 aliphatic rings. The second-order valence-corrected chi connectivity index (χ2v) is 7.69. The molecule has 0 unspecified atom stereocenters. The van der Waals surface area contributed by atoms with Crippen molar-refractivity contribution in [1.29, 1.82) is 0 Å². The van der Waals surface area contributed by atoms with Gasteiger partial charge in [-0.05, 0) is 39.7 Å². The zero-order valence-corrected chi connectivity index (χ0v) is 17.2. The average molecular weight is 452 g/mol. The molecule has 5 aromatic rings. The van der Waals surface area contributed by atoms with E-state index in [1.54, 1.807) is 17.1 Å². The molecule has 0 aromatic carbocycles. The largest absolute Gasteiger partial charge is 0.394 e. The minimum absolute atomic E-state index is 0.0497. The standard InChI is InChI=1S/C20H18BrN7O/c1-13(14-2-4-19-23-10-18(21)27(19)12-14)17-9-22-20-5-3-16(25-28(17)20)15-8-24-26(11-15)6-7-29/h2-5,8-13,29H,6-7H2,1H3/t13-/m0/s1. The maximum absolute atomic E-state index is 9.09. The van der Waals surface area contributed by atoms with E-state index in [-0.39, 0.29) is 12.5 Å². The summed E-state index contributed by atoms with van der Waals surface area (Å²) in [6.07, 6.45) is 9.39. The number of aliphatic hydroxyl groups is 1. The summed E-state index contributed by atoms with van der Waals surface area (Å²) in [6.45, 7) is 2.65. The lowest BCUT2D eigenvalue weighted by Gasteiger charge is -2.12. The summed E-state index contributed by atoms with van der Waals surface area (Å²) in [5.41, 5.74) is 5.54. The van der Waals surface area contributed by atoms with E-state index in [9.17, 15) is 0 Å². The second-order valence-electron chi connectivity index (χ2n) is 6.88. The average Bonchev–Trinajstić information content (AvgIpc) is 3.46. The lowest BCUT2D eigenvalue weighted by molar-refractivity contribution is 0.269. The normalized spacial score (nSPS) is 12.8. The van der Waals surface area contributed by atoms with Crippen LogP contribution in [0.25, 0.3) is 22.6 Å². The van der Waals surface area contributed by atoms with Crippen molar-refractivity contribution in [2.75, 3.05) is 6.61 Å². The third-order valence-electron chi connectivity index (χ3n) is 5.07. The van der Waals surface area contributed by atoms with Gasteiger partial charge in [0.15, 0.2) is 5.65 Å². The molecule has 0 bridgehead atoms. The van der Waals surface area contributed by atoms with Gasteiger partial charge in [-0.15, -0.1) is 0 Å². The van der Waals surface area contributed by atoms with Gasteiger partial charge in [0.25, 0.3) is 0 Å². The van der Waals surface area contributed by atoms with Crippen molar-refractivity contribution < 1.29 is 5.11 Å². The van der Waals surface area contributed by atoms with Gasteiger partial charge in [-0.2, -0.15) is 10.2 Å². The third kappa shape index (κ3) is 3.12. The summed E-state index contributed by atoms with van der Waals surface area (Å²) in [7, 11) is 0. The topological polar surface area (TPSA) is 85.5 Å². The highest BCUT2D eigenvalue weighted by molar-refractivity contribution is 9.10. The molecule has 5 heterocycles. The highest BCUT2D eigenvalue weighted by atomic mass is 79.9. The van der Waals surface area contributed by atoms with Gasteiger partial charge in [0.05, 0.1) is 43.1 Å². The first-order valence-corrected chi connectivity index (χ1v) is 10.0. The number of halogens is 1. The smallest absolute Gasteiger partial charge is 0.153 e. The quantitative estimate of drug-likeness (QED) is 0.443. The summed E-state index contributed by atoms with van der Waals surface area (Å²) in [5, 5.41) is 18.2. The molecule has 0 aliphatic carbocycles. The van der Waals surface area contributed by atoms with Gasteiger partial charge in [-0.1, -0.05) is 13.0 Å². The maximum Gasteiger partial charge on any atom is 0.153 e. The first-order valence-electron chi connectivity index (χ1n) is 9.25. The fourth-order valence-electron chi connectivity index (χ4n) is 3.45. The van der Waals surface area contributed by atoms with Crippen LogP contribution in [0.4, 0.5) is 0 Å². The summed E-state index contributed by atoms with van der Waals surface area (Å²) < 4.78 is 6.52. The fraction of sp³-hybridized carbons (Fsp3) is 0.200. The number of rotatable bonds is 5. The van der Waals surface area contributed by atoms with Crippen LogP contribution in [0.3, 0.4) is 0 Å². The molecular formula is C20H18BrN7O. The number of aliphatic hydroxyl groups excluding tert-OH is 1. The number of fused-ring (bicyclic) bond motifs is 2. The molecule has 9 heteroatoms. The van der Waals surface area contributed by atoms with Gasteiger partial charge >= 0.3 is 0 Å². The first-order chi connectivity index (χ1) is 14.1. The number of imidazole rings is 2. The zero-order valence-electron chi connectivity index (χ0n) is 15.6. The van der Waals surface area contributed by atoms with Crippen molar-refractivity contribution in [2.45, 2.75) is 19.4 Å². The van der Waals surface area contributed by atoms with Crippen LogP contribution >= 0.6 is 15.9 Å². The van der Waals surface area contributed by atoms with Crippen molar-refractivity contribution in [3.63, 3.8) is 0 Å². The van der Waals surface area contributed by atoms with Crippen molar-refractivity contribution in [3.8, 4) is 11.3 Å². The summed E-state index contributed by atoms with van der Waals surface area (Å²) in [6, 6.07) is 7.99.